The minimum Gasteiger partial charge on any atom is -0.449 e. The van der Waals surface area contributed by atoms with Crippen molar-refractivity contribution in [2.24, 2.45) is 5.92 Å². The van der Waals surface area contributed by atoms with Gasteiger partial charge in [-0.15, -0.1) is 0 Å². The first kappa shape index (κ1) is 24.8. The largest absolute Gasteiger partial charge is 0.449 e. The Labute approximate surface area is 167 Å². The van der Waals surface area contributed by atoms with E-state index in [0.29, 0.717) is 6.42 Å². The minimum absolute atomic E-state index is 0.116. The van der Waals surface area contributed by atoms with Crippen LogP contribution in [0.4, 0.5) is 35.1 Å². The molecule has 1 saturated carbocycles. The lowest BCUT2D eigenvalue weighted by molar-refractivity contribution is -0.520. The van der Waals surface area contributed by atoms with E-state index in [1.54, 1.807) is 0 Å². The second kappa shape index (κ2) is 7.32. The molecule has 0 aromatic heterocycles. The van der Waals surface area contributed by atoms with Gasteiger partial charge >= 0.3 is 30.0 Å². The molecule has 0 aromatic rings. The molecule has 1 saturated heterocycles. The topological polar surface area (TPSA) is 55.8 Å². The van der Waals surface area contributed by atoms with E-state index in [9.17, 15) is 36.2 Å². The van der Waals surface area contributed by atoms with Gasteiger partial charge in [0.2, 0.25) is 0 Å². The van der Waals surface area contributed by atoms with E-state index in [1.807, 2.05) is 0 Å². The highest BCUT2D eigenvalue weighted by molar-refractivity contribution is 5.87. The fourth-order valence-electron chi connectivity index (χ4n) is 4.12. The third-order valence-corrected chi connectivity index (χ3v) is 5.80. The molecule has 1 N–H and O–H groups in total. The Kier molecular flexibility index (Phi) is 6.06. The normalized spacial score (nSPS) is 35.7. The van der Waals surface area contributed by atoms with Crippen LogP contribution >= 0.6 is 0 Å². The standard InChI is InChI=1S/C18H22F8O4/c1-10(2)12(27)29-14(11-7-5-4-6-8-11)9-13(3,17(21,22)23)30-16(28,15(14,19)20)18(24,25)26/h11,28H,1,4-9H2,2-3H3. The van der Waals surface area contributed by atoms with Crippen LogP contribution in [0.1, 0.15) is 52.4 Å². The smallest absolute Gasteiger partial charge is 0.449 e. The van der Waals surface area contributed by atoms with Crippen molar-refractivity contribution in [1.29, 1.82) is 0 Å². The molecule has 0 amide bonds. The number of carbonyl (C=O) groups is 1. The van der Waals surface area contributed by atoms with E-state index < -0.39 is 59.1 Å². The number of hydrogen-bond acceptors (Lipinski definition) is 4. The Morgan fingerprint density at radius 3 is 1.97 bits per heavy atom. The van der Waals surface area contributed by atoms with E-state index in [-0.39, 0.29) is 32.6 Å². The molecule has 2 aliphatic rings. The fraction of sp³-hybridized carbons (Fsp3) is 0.833. The summed E-state index contributed by atoms with van der Waals surface area (Å²) in [6.45, 7) is 4.28. The van der Waals surface area contributed by atoms with Crippen LogP contribution in [0.5, 0.6) is 0 Å². The first-order valence-corrected chi connectivity index (χ1v) is 9.17. The first-order chi connectivity index (χ1) is 13.3. The number of ether oxygens (including phenoxy) is 2. The Morgan fingerprint density at radius 2 is 1.57 bits per heavy atom. The molecule has 12 heteroatoms. The third-order valence-electron chi connectivity index (χ3n) is 5.80. The number of hydrogen-bond donors (Lipinski definition) is 1. The number of alkyl halides is 8. The molecule has 1 aliphatic carbocycles. The molecule has 3 unspecified atom stereocenters. The van der Waals surface area contributed by atoms with Gasteiger partial charge in [0.1, 0.15) is 0 Å². The zero-order valence-electron chi connectivity index (χ0n) is 16.2. The van der Waals surface area contributed by atoms with Gasteiger partial charge in [0.25, 0.3) is 0 Å². The average Bonchev–Trinajstić information content (AvgIpc) is 2.58. The van der Waals surface area contributed by atoms with Gasteiger partial charge in [0, 0.05) is 17.9 Å². The molecule has 0 radical (unpaired) electrons. The van der Waals surface area contributed by atoms with Crippen molar-refractivity contribution in [2.75, 3.05) is 0 Å². The summed E-state index contributed by atoms with van der Waals surface area (Å²) in [7, 11) is 0. The summed E-state index contributed by atoms with van der Waals surface area (Å²) in [4.78, 5) is 12.1. The molecule has 2 rings (SSSR count). The molecule has 30 heavy (non-hydrogen) atoms. The molecule has 4 nitrogen and oxygen atoms in total. The molecule has 0 bridgehead atoms. The molecular weight excluding hydrogens is 432 g/mol. The summed E-state index contributed by atoms with van der Waals surface area (Å²) in [5.41, 5.74) is -8.01. The van der Waals surface area contributed by atoms with Crippen molar-refractivity contribution in [3.8, 4) is 0 Å². The average molecular weight is 454 g/mol. The molecule has 0 spiro atoms. The Hall–Kier alpha value is -1.43. The summed E-state index contributed by atoms with van der Waals surface area (Å²) < 4.78 is 121. The third kappa shape index (κ3) is 3.59. The van der Waals surface area contributed by atoms with E-state index in [4.69, 9.17) is 4.74 Å². The highest BCUT2D eigenvalue weighted by atomic mass is 19.4. The lowest BCUT2D eigenvalue weighted by atomic mass is 9.64. The SMILES string of the molecule is C=C(C)C(=O)OC1(C2CCCCC2)CC(C)(C(F)(F)F)OC(O)(C(F)(F)F)C1(F)F. The minimum atomic E-state index is -6.33. The summed E-state index contributed by atoms with van der Waals surface area (Å²) in [5, 5.41) is 9.94. The second-order valence-corrected chi connectivity index (χ2v) is 8.12. The molecule has 0 aromatic carbocycles. The van der Waals surface area contributed by atoms with Gasteiger partial charge in [-0.3, -0.25) is 0 Å². The first-order valence-electron chi connectivity index (χ1n) is 9.17. The maximum Gasteiger partial charge on any atom is 0.449 e. The van der Waals surface area contributed by atoms with Gasteiger partial charge in [0.15, 0.2) is 11.2 Å². The Balaban J connectivity index is 2.82. The Morgan fingerprint density at radius 1 is 1.07 bits per heavy atom. The number of halogens is 8. The predicted octanol–water partition coefficient (Wildman–Crippen LogP) is 5.05. The van der Waals surface area contributed by atoms with E-state index in [2.05, 4.69) is 11.3 Å². The monoisotopic (exact) mass is 454 g/mol. The van der Waals surface area contributed by atoms with Gasteiger partial charge in [-0.25, -0.2) is 4.79 Å². The number of carbonyl (C=O) groups excluding carboxylic acids is 1. The molecule has 3 atom stereocenters. The molecule has 1 heterocycles. The van der Waals surface area contributed by atoms with Gasteiger partial charge in [0.05, 0.1) is 0 Å². The number of rotatable bonds is 3. The quantitative estimate of drug-likeness (QED) is 0.368. The summed E-state index contributed by atoms with van der Waals surface area (Å²) in [6, 6.07) is 0. The van der Waals surface area contributed by atoms with Crippen LogP contribution in [-0.4, -0.2) is 46.3 Å². The fourth-order valence-corrected chi connectivity index (χ4v) is 4.12. The van der Waals surface area contributed by atoms with Crippen LogP contribution in [0.3, 0.4) is 0 Å². The van der Waals surface area contributed by atoms with Crippen molar-refractivity contribution >= 4 is 5.97 Å². The number of aliphatic hydroxyl groups is 1. The predicted molar refractivity (Wildman–Crippen MR) is 86.3 cm³/mol. The second-order valence-electron chi connectivity index (χ2n) is 8.12. The van der Waals surface area contributed by atoms with Crippen LogP contribution in [-0.2, 0) is 14.3 Å². The van der Waals surface area contributed by atoms with Gasteiger partial charge < -0.3 is 14.6 Å². The zero-order chi connectivity index (χ0) is 23.4. The van der Waals surface area contributed by atoms with E-state index in [1.165, 1.54) is 0 Å². The van der Waals surface area contributed by atoms with Crippen LogP contribution < -0.4 is 0 Å². The van der Waals surface area contributed by atoms with Crippen LogP contribution in [0.2, 0.25) is 0 Å². The highest BCUT2D eigenvalue weighted by Crippen LogP contribution is 2.63. The summed E-state index contributed by atoms with van der Waals surface area (Å²) in [6.07, 6.45) is -13.2. The van der Waals surface area contributed by atoms with Crippen molar-refractivity contribution < 1.29 is 54.5 Å². The van der Waals surface area contributed by atoms with Crippen molar-refractivity contribution in [3.63, 3.8) is 0 Å². The van der Waals surface area contributed by atoms with E-state index in [0.717, 1.165) is 6.92 Å². The van der Waals surface area contributed by atoms with Crippen LogP contribution in [0.25, 0.3) is 0 Å². The maximum atomic E-state index is 15.4. The lowest BCUT2D eigenvalue weighted by Crippen LogP contribution is -2.80. The molecular formula is C18H22F8O4. The Bertz CT molecular complexity index is 697. The maximum absolute atomic E-state index is 15.4. The lowest BCUT2D eigenvalue weighted by Gasteiger charge is -2.58. The van der Waals surface area contributed by atoms with E-state index >= 15 is 8.78 Å². The summed E-state index contributed by atoms with van der Waals surface area (Å²) >= 11 is 0. The molecule has 1 aliphatic heterocycles. The van der Waals surface area contributed by atoms with Crippen LogP contribution in [0, 0.1) is 5.92 Å². The van der Waals surface area contributed by atoms with Gasteiger partial charge in [-0.1, -0.05) is 25.8 Å². The van der Waals surface area contributed by atoms with Crippen molar-refractivity contribution in [2.45, 2.75) is 87.6 Å². The number of esters is 1. The van der Waals surface area contributed by atoms with Gasteiger partial charge in [-0.2, -0.15) is 35.1 Å². The molecule has 174 valence electrons. The van der Waals surface area contributed by atoms with Gasteiger partial charge in [-0.05, 0) is 26.7 Å². The van der Waals surface area contributed by atoms with Crippen molar-refractivity contribution in [3.05, 3.63) is 12.2 Å². The summed E-state index contributed by atoms with van der Waals surface area (Å²) in [5.74, 6) is -14.2. The highest BCUT2D eigenvalue weighted by Gasteiger charge is 2.87. The zero-order valence-corrected chi connectivity index (χ0v) is 16.2. The van der Waals surface area contributed by atoms with Crippen LogP contribution in [0.15, 0.2) is 12.2 Å². The molecule has 2 fully saturated rings. The van der Waals surface area contributed by atoms with Crippen molar-refractivity contribution in [1.82, 2.24) is 0 Å².